The molecule has 2 aromatic rings. The molecule has 0 bridgehead atoms. The number of amides is 2. The number of nitrogens with zero attached hydrogens (tertiary/aromatic N) is 2. The standard InChI is InChI=1S/C26H36BrN3O5S/c1-7-24(26(32)28-15-18(2)3)29(16-20-8-11-22(35-5)12-9-20)25(31)17-30(36(6,33)34)21-10-13-23(27)19(4)14-21/h8-14,18,24H,7,15-17H2,1-6H3,(H,28,32). The van der Waals surface area contributed by atoms with Gasteiger partial charge in [-0.3, -0.25) is 13.9 Å². The second kappa shape index (κ2) is 13.1. The molecule has 8 nitrogen and oxygen atoms in total. The van der Waals surface area contributed by atoms with Crippen molar-refractivity contribution in [3.8, 4) is 5.75 Å². The van der Waals surface area contributed by atoms with Gasteiger partial charge in [0.15, 0.2) is 0 Å². The number of carbonyl (C=O) groups is 2. The zero-order chi connectivity index (χ0) is 27.0. The van der Waals surface area contributed by atoms with E-state index in [1.165, 1.54) is 4.90 Å². The quantitative estimate of drug-likeness (QED) is 0.407. The van der Waals surface area contributed by atoms with E-state index in [2.05, 4.69) is 21.2 Å². The van der Waals surface area contributed by atoms with E-state index < -0.39 is 28.5 Å². The molecule has 2 aromatic carbocycles. The van der Waals surface area contributed by atoms with Crippen molar-refractivity contribution in [2.24, 2.45) is 5.92 Å². The summed E-state index contributed by atoms with van der Waals surface area (Å²) in [4.78, 5) is 28.2. The molecule has 0 aliphatic rings. The number of nitrogens with one attached hydrogen (secondary N) is 1. The minimum atomic E-state index is -3.78. The van der Waals surface area contributed by atoms with Crippen LogP contribution in [0.5, 0.6) is 5.75 Å². The molecule has 0 radical (unpaired) electrons. The van der Waals surface area contributed by atoms with E-state index in [0.717, 1.165) is 26.2 Å². The number of rotatable bonds is 12. The smallest absolute Gasteiger partial charge is 0.244 e. The van der Waals surface area contributed by atoms with Crippen molar-refractivity contribution >= 4 is 43.5 Å². The molecule has 0 aliphatic heterocycles. The van der Waals surface area contributed by atoms with Crippen molar-refractivity contribution in [1.82, 2.24) is 10.2 Å². The van der Waals surface area contributed by atoms with E-state index in [1.807, 2.05) is 39.8 Å². The molecule has 0 saturated heterocycles. The van der Waals surface area contributed by atoms with Crippen LogP contribution in [0.4, 0.5) is 5.69 Å². The van der Waals surface area contributed by atoms with E-state index in [1.54, 1.807) is 37.4 Å². The summed E-state index contributed by atoms with van der Waals surface area (Å²) >= 11 is 3.42. The molecule has 198 valence electrons. The van der Waals surface area contributed by atoms with E-state index in [0.29, 0.717) is 24.4 Å². The van der Waals surface area contributed by atoms with Crippen molar-refractivity contribution in [2.75, 3.05) is 30.8 Å². The molecule has 0 fully saturated rings. The normalized spacial score (nSPS) is 12.2. The summed E-state index contributed by atoms with van der Waals surface area (Å²) in [6, 6.07) is 11.6. The number of ether oxygens (including phenoxy) is 1. The fourth-order valence-electron chi connectivity index (χ4n) is 3.67. The Morgan fingerprint density at radius 2 is 1.75 bits per heavy atom. The van der Waals surface area contributed by atoms with Gasteiger partial charge >= 0.3 is 0 Å². The lowest BCUT2D eigenvalue weighted by molar-refractivity contribution is -0.140. The maximum absolute atomic E-state index is 13.7. The summed E-state index contributed by atoms with van der Waals surface area (Å²) in [6.07, 6.45) is 1.44. The number of sulfonamides is 1. The molecule has 0 saturated carbocycles. The molecule has 36 heavy (non-hydrogen) atoms. The molecular weight excluding hydrogens is 546 g/mol. The lowest BCUT2D eigenvalue weighted by atomic mass is 10.1. The molecule has 0 aromatic heterocycles. The number of aryl methyl sites for hydroxylation is 1. The summed E-state index contributed by atoms with van der Waals surface area (Å²) in [5.41, 5.74) is 2.01. The van der Waals surface area contributed by atoms with Gasteiger partial charge in [0.1, 0.15) is 18.3 Å². The monoisotopic (exact) mass is 581 g/mol. The Hall–Kier alpha value is -2.59. The Balaban J connectivity index is 2.43. The highest BCUT2D eigenvalue weighted by molar-refractivity contribution is 9.10. The van der Waals surface area contributed by atoms with Gasteiger partial charge in [-0.15, -0.1) is 0 Å². The number of benzene rings is 2. The molecule has 0 heterocycles. The van der Waals surface area contributed by atoms with Gasteiger partial charge in [0, 0.05) is 17.6 Å². The van der Waals surface area contributed by atoms with Crippen molar-refractivity contribution in [3.63, 3.8) is 0 Å². The number of hydrogen-bond acceptors (Lipinski definition) is 5. The summed E-state index contributed by atoms with van der Waals surface area (Å²) in [6.45, 7) is 7.86. The van der Waals surface area contributed by atoms with Crippen LogP contribution < -0.4 is 14.4 Å². The molecular formula is C26H36BrN3O5S. The Morgan fingerprint density at radius 3 is 2.25 bits per heavy atom. The fourth-order valence-corrected chi connectivity index (χ4v) is 4.76. The zero-order valence-electron chi connectivity index (χ0n) is 21.7. The van der Waals surface area contributed by atoms with Gasteiger partial charge in [0.2, 0.25) is 21.8 Å². The van der Waals surface area contributed by atoms with Crippen LogP contribution in [0.15, 0.2) is 46.9 Å². The largest absolute Gasteiger partial charge is 0.497 e. The third-order valence-corrected chi connectivity index (χ3v) is 7.72. The van der Waals surface area contributed by atoms with Crippen LogP contribution in [0.1, 0.15) is 38.3 Å². The van der Waals surface area contributed by atoms with Gasteiger partial charge in [-0.1, -0.05) is 48.8 Å². The summed E-state index contributed by atoms with van der Waals surface area (Å²) in [5, 5.41) is 2.91. The van der Waals surface area contributed by atoms with Crippen molar-refractivity contribution in [1.29, 1.82) is 0 Å². The zero-order valence-corrected chi connectivity index (χ0v) is 24.1. The summed E-state index contributed by atoms with van der Waals surface area (Å²) < 4.78 is 32.6. The highest BCUT2D eigenvalue weighted by atomic mass is 79.9. The average molecular weight is 583 g/mol. The Morgan fingerprint density at radius 1 is 1.11 bits per heavy atom. The van der Waals surface area contributed by atoms with Crippen LogP contribution in [0, 0.1) is 12.8 Å². The highest BCUT2D eigenvalue weighted by Crippen LogP contribution is 2.25. The van der Waals surface area contributed by atoms with Crippen molar-refractivity contribution in [2.45, 2.75) is 46.7 Å². The molecule has 0 aliphatic carbocycles. The molecule has 2 rings (SSSR count). The first-order valence-electron chi connectivity index (χ1n) is 11.8. The first-order valence-corrected chi connectivity index (χ1v) is 14.4. The van der Waals surface area contributed by atoms with Crippen LogP contribution in [-0.4, -0.2) is 57.6 Å². The first-order chi connectivity index (χ1) is 16.9. The lowest BCUT2D eigenvalue weighted by Gasteiger charge is -2.33. The second-order valence-electron chi connectivity index (χ2n) is 9.14. The summed E-state index contributed by atoms with van der Waals surface area (Å²) in [7, 11) is -2.21. The number of hydrogen-bond donors (Lipinski definition) is 1. The molecule has 10 heteroatoms. The van der Waals surface area contributed by atoms with Crippen LogP contribution in [-0.2, 0) is 26.2 Å². The van der Waals surface area contributed by atoms with E-state index in [-0.39, 0.29) is 18.4 Å². The van der Waals surface area contributed by atoms with Crippen LogP contribution in [0.3, 0.4) is 0 Å². The van der Waals surface area contributed by atoms with E-state index in [9.17, 15) is 18.0 Å². The highest BCUT2D eigenvalue weighted by Gasteiger charge is 2.31. The maximum Gasteiger partial charge on any atom is 0.244 e. The predicted molar refractivity (Wildman–Crippen MR) is 147 cm³/mol. The fraction of sp³-hybridized carbons (Fsp3) is 0.462. The predicted octanol–water partition coefficient (Wildman–Crippen LogP) is 4.11. The Labute approximate surface area is 223 Å². The number of methoxy groups -OCH3 is 1. The molecule has 1 unspecified atom stereocenters. The van der Waals surface area contributed by atoms with Crippen LogP contribution >= 0.6 is 15.9 Å². The minimum Gasteiger partial charge on any atom is -0.497 e. The van der Waals surface area contributed by atoms with Crippen LogP contribution in [0.2, 0.25) is 0 Å². The number of halogens is 1. The lowest BCUT2D eigenvalue weighted by Crippen LogP contribution is -2.52. The molecule has 0 spiro atoms. The van der Waals surface area contributed by atoms with Crippen LogP contribution in [0.25, 0.3) is 0 Å². The third-order valence-electron chi connectivity index (χ3n) is 5.69. The Bertz CT molecular complexity index is 1150. The number of anilines is 1. The van der Waals surface area contributed by atoms with Crippen molar-refractivity contribution in [3.05, 3.63) is 58.1 Å². The van der Waals surface area contributed by atoms with Gasteiger partial charge in [0.25, 0.3) is 0 Å². The van der Waals surface area contributed by atoms with Gasteiger partial charge in [-0.2, -0.15) is 0 Å². The van der Waals surface area contributed by atoms with Crippen molar-refractivity contribution < 1.29 is 22.7 Å². The van der Waals surface area contributed by atoms with E-state index in [4.69, 9.17) is 4.74 Å². The number of carbonyl (C=O) groups excluding carboxylic acids is 2. The van der Waals surface area contributed by atoms with Gasteiger partial charge in [-0.25, -0.2) is 8.42 Å². The first kappa shape index (κ1) is 29.6. The minimum absolute atomic E-state index is 0.146. The Kier molecular flexibility index (Phi) is 10.8. The van der Waals surface area contributed by atoms with E-state index >= 15 is 0 Å². The summed E-state index contributed by atoms with van der Waals surface area (Å²) in [5.74, 6) is 0.188. The van der Waals surface area contributed by atoms with Gasteiger partial charge in [-0.05, 0) is 60.7 Å². The SMILES string of the molecule is CCC(C(=O)NCC(C)C)N(Cc1ccc(OC)cc1)C(=O)CN(c1ccc(Br)c(C)c1)S(C)(=O)=O. The average Bonchev–Trinajstić information content (AvgIpc) is 2.82. The second-order valence-corrected chi connectivity index (χ2v) is 11.9. The molecule has 2 amide bonds. The van der Waals surface area contributed by atoms with Gasteiger partial charge in [0.05, 0.1) is 19.1 Å². The van der Waals surface area contributed by atoms with Gasteiger partial charge < -0.3 is 15.0 Å². The molecule has 1 N–H and O–H groups in total. The maximum atomic E-state index is 13.7. The molecule has 1 atom stereocenters. The topological polar surface area (TPSA) is 96.0 Å². The third kappa shape index (κ3) is 8.23.